The van der Waals surface area contributed by atoms with E-state index in [4.69, 9.17) is 0 Å². The minimum atomic E-state index is -0.411. The van der Waals surface area contributed by atoms with Crippen LogP contribution in [0.25, 0.3) is 0 Å². The molecule has 1 N–H and O–H groups in total. The summed E-state index contributed by atoms with van der Waals surface area (Å²) in [6, 6.07) is 6.48. The fourth-order valence-corrected chi connectivity index (χ4v) is 2.68. The highest BCUT2D eigenvalue weighted by Crippen LogP contribution is 2.27. The maximum absolute atomic E-state index is 12.1. The maximum atomic E-state index is 12.1. The third-order valence-corrected chi connectivity index (χ3v) is 4.09. The van der Waals surface area contributed by atoms with Crippen LogP contribution in [-0.2, 0) is 4.79 Å². The van der Waals surface area contributed by atoms with Gasteiger partial charge in [0.1, 0.15) is 6.17 Å². The summed E-state index contributed by atoms with van der Waals surface area (Å²) in [6.07, 6.45) is 1.77. The van der Waals surface area contributed by atoms with Gasteiger partial charge in [-0.25, -0.2) is 0 Å². The number of amides is 1. The first-order chi connectivity index (χ1) is 10.1. The SMILES string of the molecule is CCC(CC)CN1C(=O)CNC1c1cccc([N+](=O)[O-])c1. The molecule has 1 atom stereocenters. The van der Waals surface area contributed by atoms with Crippen LogP contribution in [0.2, 0.25) is 0 Å². The number of hydrogen-bond acceptors (Lipinski definition) is 4. The lowest BCUT2D eigenvalue weighted by Crippen LogP contribution is -2.34. The molecule has 1 fully saturated rings. The monoisotopic (exact) mass is 291 g/mol. The second-order valence-corrected chi connectivity index (χ2v) is 5.36. The van der Waals surface area contributed by atoms with Gasteiger partial charge in [-0.15, -0.1) is 0 Å². The molecule has 0 saturated carbocycles. The van der Waals surface area contributed by atoms with Crippen molar-refractivity contribution in [3.05, 3.63) is 39.9 Å². The Morgan fingerprint density at radius 2 is 2.14 bits per heavy atom. The molecule has 1 saturated heterocycles. The third kappa shape index (κ3) is 3.39. The van der Waals surface area contributed by atoms with Crippen LogP contribution in [0.1, 0.15) is 38.4 Å². The molecule has 0 radical (unpaired) electrons. The van der Waals surface area contributed by atoms with Crippen molar-refractivity contribution in [3.63, 3.8) is 0 Å². The van der Waals surface area contributed by atoms with E-state index in [1.165, 1.54) is 12.1 Å². The number of non-ortho nitro benzene ring substituents is 1. The van der Waals surface area contributed by atoms with E-state index in [2.05, 4.69) is 19.2 Å². The van der Waals surface area contributed by atoms with Crippen molar-refractivity contribution in [1.82, 2.24) is 10.2 Å². The summed E-state index contributed by atoms with van der Waals surface area (Å²) >= 11 is 0. The van der Waals surface area contributed by atoms with E-state index in [0.29, 0.717) is 12.5 Å². The first-order valence-corrected chi connectivity index (χ1v) is 7.34. The molecule has 0 spiro atoms. The average molecular weight is 291 g/mol. The van der Waals surface area contributed by atoms with E-state index in [1.54, 1.807) is 11.0 Å². The summed E-state index contributed by atoms with van der Waals surface area (Å²) in [7, 11) is 0. The van der Waals surface area contributed by atoms with Gasteiger partial charge in [-0.3, -0.25) is 20.2 Å². The van der Waals surface area contributed by atoms with Crippen LogP contribution < -0.4 is 5.32 Å². The minimum absolute atomic E-state index is 0.0520. The van der Waals surface area contributed by atoms with Gasteiger partial charge in [-0.05, 0) is 11.5 Å². The molecule has 6 heteroatoms. The number of nitrogens with zero attached hydrogens (tertiary/aromatic N) is 2. The summed E-state index contributed by atoms with van der Waals surface area (Å²) in [6.45, 7) is 5.20. The Morgan fingerprint density at radius 1 is 1.43 bits per heavy atom. The Labute approximate surface area is 124 Å². The number of rotatable bonds is 6. The number of nitro benzene ring substituents is 1. The van der Waals surface area contributed by atoms with Gasteiger partial charge < -0.3 is 4.90 Å². The second kappa shape index (κ2) is 6.67. The summed E-state index contributed by atoms with van der Waals surface area (Å²) in [4.78, 5) is 24.4. The van der Waals surface area contributed by atoms with Gasteiger partial charge in [0.05, 0.1) is 11.5 Å². The number of nitro groups is 1. The molecule has 0 aromatic heterocycles. The fraction of sp³-hybridized carbons (Fsp3) is 0.533. The predicted octanol–water partition coefficient (Wildman–Crippen LogP) is 2.46. The van der Waals surface area contributed by atoms with Crippen LogP contribution in [0, 0.1) is 16.0 Å². The highest BCUT2D eigenvalue weighted by atomic mass is 16.6. The zero-order chi connectivity index (χ0) is 15.4. The number of carbonyl (C=O) groups is 1. The standard InChI is InChI=1S/C15H21N3O3/c1-3-11(4-2)10-17-14(19)9-16-15(17)12-6-5-7-13(8-12)18(20)21/h5-8,11,15-16H,3-4,9-10H2,1-2H3. The molecule has 2 rings (SSSR count). The molecular formula is C15H21N3O3. The second-order valence-electron chi connectivity index (χ2n) is 5.36. The zero-order valence-electron chi connectivity index (χ0n) is 12.4. The largest absolute Gasteiger partial charge is 0.322 e. The minimum Gasteiger partial charge on any atom is -0.322 e. The van der Waals surface area contributed by atoms with E-state index >= 15 is 0 Å². The van der Waals surface area contributed by atoms with Crippen LogP contribution in [0.15, 0.2) is 24.3 Å². The molecule has 1 heterocycles. The fourth-order valence-electron chi connectivity index (χ4n) is 2.68. The van der Waals surface area contributed by atoms with E-state index in [0.717, 1.165) is 18.4 Å². The third-order valence-electron chi connectivity index (χ3n) is 4.09. The molecule has 1 aliphatic rings. The topological polar surface area (TPSA) is 75.5 Å². The molecule has 0 bridgehead atoms. The lowest BCUT2D eigenvalue weighted by atomic mass is 10.0. The van der Waals surface area contributed by atoms with E-state index in [-0.39, 0.29) is 24.3 Å². The van der Waals surface area contributed by atoms with Crippen molar-refractivity contribution in [1.29, 1.82) is 0 Å². The van der Waals surface area contributed by atoms with Crippen LogP contribution in [0.3, 0.4) is 0 Å². The summed E-state index contributed by atoms with van der Waals surface area (Å²) in [5.41, 5.74) is 0.817. The van der Waals surface area contributed by atoms with Gasteiger partial charge in [0.15, 0.2) is 0 Å². The summed E-state index contributed by atoms with van der Waals surface area (Å²) < 4.78 is 0. The molecule has 1 unspecified atom stereocenters. The van der Waals surface area contributed by atoms with Gasteiger partial charge >= 0.3 is 0 Å². The normalized spacial score (nSPS) is 18.5. The van der Waals surface area contributed by atoms with Crippen LogP contribution in [0.5, 0.6) is 0 Å². The van der Waals surface area contributed by atoms with E-state index in [1.807, 2.05) is 6.07 Å². The van der Waals surface area contributed by atoms with Crippen LogP contribution >= 0.6 is 0 Å². The van der Waals surface area contributed by atoms with Crippen molar-refractivity contribution >= 4 is 11.6 Å². The van der Waals surface area contributed by atoms with Crippen molar-refractivity contribution < 1.29 is 9.72 Å². The smallest absolute Gasteiger partial charge is 0.269 e. The lowest BCUT2D eigenvalue weighted by molar-refractivity contribution is -0.385. The molecule has 21 heavy (non-hydrogen) atoms. The Hall–Kier alpha value is -1.95. The van der Waals surface area contributed by atoms with Gasteiger partial charge in [-0.1, -0.05) is 38.8 Å². The Bertz CT molecular complexity index is 529. The Balaban J connectivity index is 2.22. The first-order valence-electron chi connectivity index (χ1n) is 7.34. The van der Waals surface area contributed by atoms with Crippen molar-refractivity contribution in [2.75, 3.05) is 13.1 Å². The number of carbonyl (C=O) groups excluding carboxylic acids is 1. The molecule has 1 amide bonds. The van der Waals surface area contributed by atoms with Gasteiger partial charge in [0.25, 0.3) is 5.69 Å². The molecule has 114 valence electrons. The summed E-state index contributed by atoms with van der Waals surface area (Å²) in [5, 5.41) is 14.0. The van der Waals surface area contributed by atoms with E-state index in [9.17, 15) is 14.9 Å². The lowest BCUT2D eigenvalue weighted by Gasteiger charge is -2.28. The summed E-state index contributed by atoms with van der Waals surface area (Å²) in [5.74, 6) is 0.508. The molecule has 1 aromatic carbocycles. The molecule has 6 nitrogen and oxygen atoms in total. The van der Waals surface area contributed by atoms with Gasteiger partial charge in [-0.2, -0.15) is 0 Å². The van der Waals surface area contributed by atoms with Crippen molar-refractivity contribution in [2.45, 2.75) is 32.9 Å². The highest BCUT2D eigenvalue weighted by molar-refractivity contribution is 5.81. The molecule has 0 aliphatic carbocycles. The predicted molar refractivity (Wildman–Crippen MR) is 79.6 cm³/mol. The Morgan fingerprint density at radius 3 is 2.76 bits per heavy atom. The number of benzene rings is 1. The molecule has 1 aliphatic heterocycles. The Kier molecular flexibility index (Phi) is 4.90. The van der Waals surface area contributed by atoms with Crippen LogP contribution in [-0.4, -0.2) is 28.8 Å². The quantitative estimate of drug-likeness (QED) is 0.645. The molecule has 1 aromatic rings. The van der Waals surface area contributed by atoms with E-state index < -0.39 is 4.92 Å². The van der Waals surface area contributed by atoms with Crippen LogP contribution in [0.4, 0.5) is 5.69 Å². The molecular weight excluding hydrogens is 270 g/mol. The number of nitrogens with one attached hydrogen (secondary N) is 1. The number of hydrogen-bond donors (Lipinski definition) is 1. The van der Waals surface area contributed by atoms with Gasteiger partial charge in [0.2, 0.25) is 5.91 Å². The van der Waals surface area contributed by atoms with Gasteiger partial charge in [0, 0.05) is 18.7 Å². The average Bonchev–Trinajstić information content (AvgIpc) is 2.85. The highest BCUT2D eigenvalue weighted by Gasteiger charge is 2.33. The van der Waals surface area contributed by atoms with Crippen molar-refractivity contribution in [2.24, 2.45) is 5.92 Å². The zero-order valence-corrected chi connectivity index (χ0v) is 12.4. The first kappa shape index (κ1) is 15.4. The van der Waals surface area contributed by atoms with Crippen molar-refractivity contribution in [3.8, 4) is 0 Å². The maximum Gasteiger partial charge on any atom is 0.269 e.